The summed E-state index contributed by atoms with van der Waals surface area (Å²) >= 11 is 0. The summed E-state index contributed by atoms with van der Waals surface area (Å²) in [5.74, 6) is 0.232. The molecule has 1 aliphatic heterocycles. The molecule has 3 rings (SSSR count). The van der Waals surface area contributed by atoms with Gasteiger partial charge in [-0.05, 0) is 68.4 Å². The van der Waals surface area contributed by atoms with Gasteiger partial charge in [0.1, 0.15) is 0 Å². The molecule has 2 aromatic rings. The Bertz CT molecular complexity index is 875. The van der Waals surface area contributed by atoms with E-state index in [1.54, 1.807) is 0 Å². The van der Waals surface area contributed by atoms with Crippen molar-refractivity contribution in [2.45, 2.75) is 47.1 Å². The first kappa shape index (κ1) is 20.2. The summed E-state index contributed by atoms with van der Waals surface area (Å²) in [7, 11) is 1.44. The van der Waals surface area contributed by atoms with Gasteiger partial charge < -0.3 is 15.0 Å². The fourth-order valence-corrected chi connectivity index (χ4v) is 4.51. The molecule has 1 heterocycles. The monoisotopic (exact) mass is 380 g/mol. The normalized spacial score (nSPS) is 19.4. The molecule has 0 saturated carbocycles. The maximum atomic E-state index is 12.3. The van der Waals surface area contributed by atoms with Crippen LogP contribution in [0.1, 0.15) is 46.0 Å². The number of ether oxygens (including phenoxy) is 1. The topological polar surface area (TPSA) is 41.6 Å². The molecule has 0 radical (unpaired) electrons. The minimum Gasteiger partial charge on any atom is -0.465 e. The standard InChI is InChI=1S/C24H32N2O2/c1-15-9-7-8-10-21(15)26-12-11-20(18(4)14-26)25-23-17(3)13-16(2)22(19(23)5)24(27)28-6/h7-10,13,18,20,25H,11-12,14H2,1-6H3. The van der Waals surface area contributed by atoms with Gasteiger partial charge in [0, 0.05) is 30.5 Å². The molecule has 0 aliphatic carbocycles. The summed E-state index contributed by atoms with van der Waals surface area (Å²) < 4.78 is 5.00. The molecule has 4 nitrogen and oxygen atoms in total. The second-order valence-corrected chi connectivity index (χ2v) is 8.13. The van der Waals surface area contributed by atoms with Crippen molar-refractivity contribution in [1.82, 2.24) is 0 Å². The van der Waals surface area contributed by atoms with E-state index < -0.39 is 0 Å². The largest absolute Gasteiger partial charge is 0.465 e. The lowest BCUT2D eigenvalue weighted by molar-refractivity contribution is 0.0599. The van der Waals surface area contributed by atoms with Crippen LogP contribution in [0.3, 0.4) is 0 Å². The number of esters is 1. The van der Waals surface area contributed by atoms with Crippen molar-refractivity contribution < 1.29 is 9.53 Å². The summed E-state index contributed by atoms with van der Waals surface area (Å²) in [6.45, 7) is 12.6. The second-order valence-electron chi connectivity index (χ2n) is 8.13. The summed E-state index contributed by atoms with van der Waals surface area (Å²) in [4.78, 5) is 14.7. The zero-order valence-corrected chi connectivity index (χ0v) is 17.9. The molecule has 0 bridgehead atoms. The first-order valence-electron chi connectivity index (χ1n) is 10.1. The van der Waals surface area contributed by atoms with Gasteiger partial charge >= 0.3 is 5.97 Å². The SMILES string of the molecule is COC(=O)c1c(C)cc(C)c(NC2CCN(c3ccccc3C)CC2C)c1C. The predicted octanol–water partition coefficient (Wildman–Crippen LogP) is 5.03. The van der Waals surface area contributed by atoms with Crippen molar-refractivity contribution in [1.29, 1.82) is 0 Å². The van der Waals surface area contributed by atoms with Crippen molar-refractivity contribution in [2.75, 3.05) is 30.4 Å². The van der Waals surface area contributed by atoms with E-state index >= 15 is 0 Å². The van der Waals surface area contributed by atoms with Crippen molar-refractivity contribution in [2.24, 2.45) is 5.92 Å². The smallest absolute Gasteiger partial charge is 0.338 e. The van der Waals surface area contributed by atoms with E-state index in [2.05, 4.69) is 61.3 Å². The Balaban J connectivity index is 1.80. The molecule has 4 heteroatoms. The fourth-order valence-electron chi connectivity index (χ4n) is 4.51. The Morgan fingerprint density at radius 1 is 1.11 bits per heavy atom. The van der Waals surface area contributed by atoms with Gasteiger partial charge in [0.05, 0.1) is 12.7 Å². The lowest BCUT2D eigenvalue weighted by atomic mass is 9.91. The quantitative estimate of drug-likeness (QED) is 0.755. The number of carbonyl (C=O) groups excluding carboxylic acids is 1. The van der Waals surface area contributed by atoms with Gasteiger partial charge in [0.2, 0.25) is 0 Å². The predicted molar refractivity (Wildman–Crippen MR) is 117 cm³/mol. The highest BCUT2D eigenvalue weighted by atomic mass is 16.5. The zero-order valence-electron chi connectivity index (χ0n) is 17.9. The lowest BCUT2D eigenvalue weighted by Gasteiger charge is -2.40. The number of anilines is 2. The van der Waals surface area contributed by atoms with Crippen LogP contribution in [0.25, 0.3) is 0 Å². The van der Waals surface area contributed by atoms with E-state index in [1.807, 2.05) is 13.8 Å². The molecule has 0 spiro atoms. The number of hydrogen-bond acceptors (Lipinski definition) is 4. The number of rotatable bonds is 4. The molecule has 2 atom stereocenters. The van der Waals surface area contributed by atoms with Crippen molar-refractivity contribution >= 4 is 17.3 Å². The summed E-state index contributed by atoms with van der Waals surface area (Å²) in [6.07, 6.45) is 1.07. The Morgan fingerprint density at radius 2 is 1.82 bits per heavy atom. The fraction of sp³-hybridized carbons (Fsp3) is 0.458. The summed E-state index contributed by atoms with van der Waals surface area (Å²) in [5.41, 5.74) is 7.55. The molecular formula is C24H32N2O2. The third kappa shape index (κ3) is 3.87. The number of aryl methyl sites for hydroxylation is 3. The number of nitrogens with zero attached hydrogens (tertiary/aromatic N) is 1. The molecule has 28 heavy (non-hydrogen) atoms. The number of carbonyl (C=O) groups is 1. The molecule has 2 aromatic carbocycles. The average molecular weight is 381 g/mol. The van der Waals surface area contributed by atoms with Crippen LogP contribution in [0, 0.1) is 33.6 Å². The first-order chi connectivity index (χ1) is 13.3. The molecule has 2 unspecified atom stereocenters. The van der Waals surface area contributed by atoms with E-state index in [1.165, 1.54) is 23.9 Å². The molecule has 1 fully saturated rings. The molecule has 1 aliphatic rings. The molecule has 1 saturated heterocycles. The van der Waals surface area contributed by atoms with Crippen LogP contribution >= 0.6 is 0 Å². The van der Waals surface area contributed by atoms with Gasteiger partial charge in [-0.3, -0.25) is 0 Å². The second kappa shape index (κ2) is 8.26. The van der Waals surface area contributed by atoms with Gasteiger partial charge in [0.25, 0.3) is 0 Å². The molecule has 0 aromatic heterocycles. The third-order valence-corrected chi connectivity index (χ3v) is 6.05. The molecular weight excluding hydrogens is 348 g/mol. The van der Waals surface area contributed by atoms with Crippen LogP contribution in [0.5, 0.6) is 0 Å². The van der Waals surface area contributed by atoms with E-state index in [0.717, 1.165) is 36.3 Å². The van der Waals surface area contributed by atoms with Crippen LogP contribution in [0.4, 0.5) is 11.4 Å². The minimum atomic E-state index is -0.263. The number of methoxy groups -OCH3 is 1. The maximum Gasteiger partial charge on any atom is 0.338 e. The van der Waals surface area contributed by atoms with Gasteiger partial charge in [0.15, 0.2) is 0 Å². The van der Waals surface area contributed by atoms with E-state index in [4.69, 9.17) is 4.74 Å². The van der Waals surface area contributed by atoms with E-state index in [-0.39, 0.29) is 5.97 Å². The Labute approximate surface area is 168 Å². The van der Waals surface area contributed by atoms with Gasteiger partial charge in [-0.1, -0.05) is 31.2 Å². The highest BCUT2D eigenvalue weighted by Crippen LogP contribution is 2.32. The summed E-state index contributed by atoms with van der Waals surface area (Å²) in [6, 6.07) is 11.1. The number of benzene rings is 2. The van der Waals surface area contributed by atoms with Gasteiger partial charge in [-0.2, -0.15) is 0 Å². The number of nitrogens with one attached hydrogen (secondary N) is 1. The average Bonchev–Trinajstić information content (AvgIpc) is 2.66. The van der Waals surface area contributed by atoms with Crippen molar-refractivity contribution in [3.8, 4) is 0 Å². The lowest BCUT2D eigenvalue weighted by Crippen LogP contribution is -2.45. The maximum absolute atomic E-state index is 12.3. The van der Waals surface area contributed by atoms with Crippen LogP contribution < -0.4 is 10.2 Å². The highest BCUT2D eigenvalue weighted by molar-refractivity contribution is 5.94. The van der Waals surface area contributed by atoms with Crippen LogP contribution in [-0.2, 0) is 4.74 Å². The molecule has 0 amide bonds. The van der Waals surface area contributed by atoms with Gasteiger partial charge in [-0.25, -0.2) is 4.79 Å². The van der Waals surface area contributed by atoms with Gasteiger partial charge in [-0.15, -0.1) is 0 Å². The minimum absolute atomic E-state index is 0.263. The van der Waals surface area contributed by atoms with Crippen molar-refractivity contribution in [3.05, 3.63) is 58.1 Å². The summed E-state index contributed by atoms with van der Waals surface area (Å²) in [5, 5.41) is 3.77. The van der Waals surface area contributed by atoms with Crippen LogP contribution in [-0.4, -0.2) is 32.2 Å². The van der Waals surface area contributed by atoms with E-state index in [0.29, 0.717) is 17.5 Å². The van der Waals surface area contributed by atoms with Crippen molar-refractivity contribution in [3.63, 3.8) is 0 Å². The third-order valence-electron chi connectivity index (χ3n) is 6.05. The molecule has 1 N–H and O–H groups in total. The zero-order chi connectivity index (χ0) is 20.4. The van der Waals surface area contributed by atoms with Crippen LogP contribution in [0.2, 0.25) is 0 Å². The van der Waals surface area contributed by atoms with E-state index in [9.17, 15) is 4.79 Å². The first-order valence-corrected chi connectivity index (χ1v) is 10.1. The Kier molecular flexibility index (Phi) is 5.97. The molecule has 150 valence electrons. The number of hydrogen-bond donors (Lipinski definition) is 1. The van der Waals surface area contributed by atoms with Crippen LogP contribution in [0.15, 0.2) is 30.3 Å². The Morgan fingerprint density at radius 3 is 2.46 bits per heavy atom. The Hall–Kier alpha value is -2.49. The highest BCUT2D eigenvalue weighted by Gasteiger charge is 2.28. The number of para-hydroxylation sites is 1. The number of piperidine rings is 1.